The van der Waals surface area contributed by atoms with Crippen LogP contribution in [-0.2, 0) is 6.42 Å². The van der Waals surface area contributed by atoms with Crippen LogP contribution >= 0.6 is 0 Å². The van der Waals surface area contributed by atoms with E-state index < -0.39 is 0 Å². The SMILES string of the molecule is CCCCCCCCCCCCCCCCCCc1ccccc1N=C=N. The highest BCUT2D eigenvalue weighted by Crippen LogP contribution is 2.21. The predicted octanol–water partition coefficient (Wildman–Crippen LogP) is 8.87. The molecule has 2 nitrogen and oxygen atoms in total. The van der Waals surface area contributed by atoms with Gasteiger partial charge in [-0.15, -0.1) is 0 Å². The molecule has 0 amide bonds. The van der Waals surface area contributed by atoms with E-state index in [-0.39, 0.29) is 0 Å². The van der Waals surface area contributed by atoms with E-state index >= 15 is 0 Å². The van der Waals surface area contributed by atoms with Crippen LogP contribution in [0.2, 0.25) is 0 Å². The average Bonchev–Trinajstić information content (AvgIpc) is 2.69. The molecule has 27 heavy (non-hydrogen) atoms. The van der Waals surface area contributed by atoms with E-state index in [0.29, 0.717) is 0 Å². The Kier molecular flexibility index (Phi) is 15.7. The molecule has 0 aliphatic heterocycles. The Balaban J connectivity index is 1.85. The minimum atomic E-state index is 0.911. The Bertz CT molecular complexity index is 503. The number of hydrogen-bond acceptors (Lipinski definition) is 2. The summed E-state index contributed by atoms with van der Waals surface area (Å²) >= 11 is 0. The van der Waals surface area contributed by atoms with E-state index in [9.17, 15) is 0 Å². The lowest BCUT2D eigenvalue weighted by Crippen LogP contribution is -1.87. The highest BCUT2D eigenvalue weighted by Gasteiger charge is 2.00. The van der Waals surface area contributed by atoms with Gasteiger partial charge in [-0.2, -0.15) is 4.99 Å². The van der Waals surface area contributed by atoms with E-state index in [4.69, 9.17) is 5.41 Å². The fraction of sp³-hybridized carbons (Fsp3) is 0.720. The second-order valence-electron chi connectivity index (χ2n) is 7.91. The van der Waals surface area contributed by atoms with E-state index in [1.165, 1.54) is 108 Å². The van der Waals surface area contributed by atoms with Gasteiger partial charge >= 0.3 is 0 Å². The van der Waals surface area contributed by atoms with Crippen molar-refractivity contribution in [1.82, 2.24) is 0 Å². The van der Waals surface area contributed by atoms with E-state index in [0.717, 1.165) is 12.1 Å². The van der Waals surface area contributed by atoms with Crippen molar-refractivity contribution in [3.8, 4) is 0 Å². The maximum Gasteiger partial charge on any atom is 0.0918 e. The van der Waals surface area contributed by atoms with Crippen LogP contribution in [0, 0.1) is 5.41 Å². The first-order chi connectivity index (χ1) is 13.4. The third kappa shape index (κ3) is 13.4. The molecule has 0 radical (unpaired) electrons. The van der Waals surface area contributed by atoms with Gasteiger partial charge in [-0.1, -0.05) is 121 Å². The lowest BCUT2D eigenvalue weighted by Gasteiger charge is -2.05. The molecule has 0 bridgehead atoms. The molecular formula is C25H42N2. The molecule has 0 spiro atoms. The third-order valence-corrected chi connectivity index (χ3v) is 5.47. The highest BCUT2D eigenvalue weighted by molar-refractivity contribution is 5.54. The van der Waals surface area contributed by atoms with Crippen molar-refractivity contribution in [1.29, 1.82) is 5.41 Å². The van der Waals surface area contributed by atoms with Crippen LogP contribution in [-0.4, -0.2) is 6.01 Å². The van der Waals surface area contributed by atoms with Gasteiger partial charge in [0.1, 0.15) is 0 Å². The molecule has 0 unspecified atom stereocenters. The summed E-state index contributed by atoms with van der Waals surface area (Å²) in [5, 5.41) is 7.02. The summed E-state index contributed by atoms with van der Waals surface area (Å²) in [6.07, 6.45) is 23.5. The summed E-state index contributed by atoms with van der Waals surface area (Å²) < 4.78 is 0. The van der Waals surface area contributed by atoms with Crippen LogP contribution in [0.5, 0.6) is 0 Å². The molecule has 0 aromatic heterocycles. The number of para-hydroxylation sites is 1. The fourth-order valence-electron chi connectivity index (χ4n) is 3.76. The molecule has 1 aromatic carbocycles. The number of rotatable bonds is 18. The van der Waals surface area contributed by atoms with Gasteiger partial charge in [-0.05, 0) is 24.5 Å². The standard InChI is InChI=1S/C25H42N2/c1-2-3-4-5-6-7-8-9-10-11-12-13-14-15-16-17-20-24-21-18-19-22-25(24)27-23-26/h18-19,21-22,26H,2-17,20H2,1H3. The zero-order chi connectivity index (χ0) is 19.4. The summed E-state index contributed by atoms with van der Waals surface area (Å²) in [6, 6.07) is 10.3. The second-order valence-corrected chi connectivity index (χ2v) is 7.91. The number of benzene rings is 1. The molecule has 1 N–H and O–H groups in total. The van der Waals surface area contributed by atoms with E-state index in [2.05, 4.69) is 30.1 Å². The van der Waals surface area contributed by atoms with Crippen LogP contribution in [0.15, 0.2) is 29.3 Å². The number of aryl methyl sites for hydroxylation is 1. The number of nitrogens with zero attached hydrogens (tertiary/aromatic N) is 1. The highest BCUT2D eigenvalue weighted by atomic mass is 14.7. The molecule has 0 fully saturated rings. The molecule has 1 rings (SSSR count). The van der Waals surface area contributed by atoms with Gasteiger partial charge in [-0.25, -0.2) is 5.41 Å². The van der Waals surface area contributed by atoms with Gasteiger partial charge in [0.2, 0.25) is 0 Å². The Morgan fingerprint density at radius 3 is 1.59 bits per heavy atom. The summed E-state index contributed by atoms with van der Waals surface area (Å²) in [4.78, 5) is 4.02. The monoisotopic (exact) mass is 370 g/mol. The summed E-state index contributed by atoms with van der Waals surface area (Å²) in [5.74, 6) is 0. The molecule has 0 aliphatic carbocycles. The minimum absolute atomic E-state index is 0.911. The topological polar surface area (TPSA) is 36.2 Å². The molecule has 0 saturated heterocycles. The van der Waals surface area contributed by atoms with Crippen LogP contribution in [0.1, 0.15) is 115 Å². The molecular weight excluding hydrogens is 328 g/mol. The summed E-state index contributed by atoms with van der Waals surface area (Å²) in [7, 11) is 0. The van der Waals surface area contributed by atoms with Crippen molar-refractivity contribution in [2.45, 2.75) is 116 Å². The Hall–Kier alpha value is -1.40. The largest absolute Gasteiger partial charge is 0.241 e. The molecule has 0 heterocycles. The van der Waals surface area contributed by atoms with Crippen molar-refractivity contribution in [3.63, 3.8) is 0 Å². The van der Waals surface area contributed by atoms with E-state index in [1.807, 2.05) is 12.1 Å². The second kappa shape index (κ2) is 18.0. The number of unbranched alkanes of at least 4 members (excludes halogenated alkanes) is 15. The smallest absolute Gasteiger partial charge is 0.0918 e. The predicted molar refractivity (Wildman–Crippen MR) is 120 cm³/mol. The third-order valence-electron chi connectivity index (χ3n) is 5.47. The first-order valence-electron chi connectivity index (χ1n) is 11.6. The van der Waals surface area contributed by atoms with Gasteiger partial charge in [0.25, 0.3) is 0 Å². The van der Waals surface area contributed by atoms with Gasteiger partial charge in [0.05, 0.1) is 11.7 Å². The Morgan fingerprint density at radius 2 is 1.11 bits per heavy atom. The van der Waals surface area contributed by atoms with Crippen LogP contribution < -0.4 is 0 Å². The molecule has 0 saturated carbocycles. The van der Waals surface area contributed by atoms with Crippen LogP contribution in [0.3, 0.4) is 0 Å². The molecule has 1 aromatic rings. The van der Waals surface area contributed by atoms with Crippen LogP contribution in [0.4, 0.5) is 5.69 Å². The Labute approximate surface area is 168 Å². The quantitative estimate of drug-likeness (QED) is 0.198. The van der Waals surface area contributed by atoms with Crippen molar-refractivity contribution in [2.75, 3.05) is 0 Å². The first-order valence-corrected chi connectivity index (χ1v) is 11.6. The number of nitrogens with one attached hydrogen (secondary N) is 1. The molecule has 152 valence electrons. The molecule has 2 heteroatoms. The number of hydrogen-bond donors (Lipinski definition) is 1. The molecule has 0 aliphatic rings. The zero-order valence-corrected chi connectivity index (χ0v) is 17.8. The lowest BCUT2D eigenvalue weighted by molar-refractivity contribution is 0.529. The van der Waals surface area contributed by atoms with Gasteiger partial charge in [-0.3, -0.25) is 0 Å². The van der Waals surface area contributed by atoms with Gasteiger partial charge in [0.15, 0.2) is 0 Å². The number of aliphatic imine (C=N–C) groups is 1. The molecule has 0 atom stereocenters. The van der Waals surface area contributed by atoms with Gasteiger partial charge < -0.3 is 0 Å². The van der Waals surface area contributed by atoms with E-state index in [1.54, 1.807) is 0 Å². The normalized spacial score (nSPS) is 10.7. The Morgan fingerprint density at radius 1 is 0.667 bits per heavy atom. The van der Waals surface area contributed by atoms with Crippen molar-refractivity contribution in [2.24, 2.45) is 4.99 Å². The van der Waals surface area contributed by atoms with Crippen molar-refractivity contribution in [3.05, 3.63) is 29.8 Å². The maximum absolute atomic E-state index is 7.02. The van der Waals surface area contributed by atoms with Gasteiger partial charge in [0, 0.05) is 0 Å². The fourth-order valence-corrected chi connectivity index (χ4v) is 3.76. The zero-order valence-electron chi connectivity index (χ0n) is 17.8. The summed E-state index contributed by atoms with van der Waals surface area (Å²) in [5.41, 5.74) is 2.16. The van der Waals surface area contributed by atoms with Crippen molar-refractivity contribution < 1.29 is 0 Å². The lowest BCUT2D eigenvalue weighted by atomic mass is 10.0. The minimum Gasteiger partial charge on any atom is -0.241 e. The van der Waals surface area contributed by atoms with Crippen molar-refractivity contribution >= 4 is 11.7 Å². The van der Waals surface area contributed by atoms with Crippen LogP contribution in [0.25, 0.3) is 0 Å². The first kappa shape index (κ1) is 23.6. The summed E-state index contributed by atoms with van der Waals surface area (Å²) in [6.45, 7) is 2.29. The average molecular weight is 371 g/mol. The maximum atomic E-state index is 7.02.